The minimum Gasteiger partial charge on any atom is -0.490 e. The number of aromatic nitrogens is 1. The van der Waals surface area contributed by atoms with Gasteiger partial charge in [0, 0.05) is 11.6 Å². The second-order valence-electron chi connectivity index (χ2n) is 4.64. The molecule has 0 aliphatic carbocycles. The summed E-state index contributed by atoms with van der Waals surface area (Å²) in [5, 5.41) is 12.7. The largest absolute Gasteiger partial charge is 0.490 e. The van der Waals surface area contributed by atoms with Gasteiger partial charge in [0.05, 0.1) is 6.10 Å². The van der Waals surface area contributed by atoms with Gasteiger partial charge in [0.15, 0.2) is 0 Å². The fourth-order valence-corrected chi connectivity index (χ4v) is 2.24. The Bertz CT molecular complexity index is 632. The van der Waals surface area contributed by atoms with Crippen LogP contribution >= 0.6 is 0 Å². The summed E-state index contributed by atoms with van der Waals surface area (Å²) >= 11 is 0. The second kappa shape index (κ2) is 4.42. The first kappa shape index (κ1) is 11.8. The fraction of sp³-hybridized carbons (Fsp3) is 0.286. The highest BCUT2D eigenvalue weighted by Crippen LogP contribution is 2.37. The van der Waals surface area contributed by atoms with Gasteiger partial charge in [-0.25, -0.2) is 4.79 Å². The van der Waals surface area contributed by atoms with Crippen LogP contribution in [0.3, 0.4) is 0 Å². The van der Waals surface area contributed by atoms with E-state index < -0.39 is 5.97 Å². The van der Waals surface area contributed by atoms with E-state index in [1.807, 2.05) is 25.1 Å². The third-order valence-corrected chi connectivity index (χ3v) is 3.23. The van der Waals surface area contributed by atoms with Crippen LogP contribution in [0, 0.1) is 0 Å². The molecule has 0 radical (unpaired) electrons. The molecular weight excluding hydrogens is 246 g/mol. The molecule has 3 rings (SSSR count). The summed E-state index contributed by atoms with van der Waals surface area (Å²) in [6.45, 7) is 2.02. The highest BCUT2D eigenvalue weighted by molar-refractivity contribution is 5.86. The molecule has 1 aromatic carbocycles. The molecule has 0 bridgehead atoms. The van der Waals surface area contributed by atoms with E-state index >= 15 is 0 Å². The Hall–Kier alpha value is -2.30. The Morgan fingerprint density at radius 1 is 1.47 bits per heavy atom. The Morgan fingerprint density at radius 3 is 3.05 bits per heavy atom. The molecule has 1 aliphatic heterocycles. The van der Waals surface area contributed by atoms with Crippen molar-refractivity contribution in [3.05, 3.63) is 35.6 Å². The maximum Gasteiger partial charge on any atom is 0.374 e. The van der Waals surface area contributed by atoms with E-state index in [0.717, 1.165) is 29.7 Å². The highest BCUT2D eigenvalue weighted by atomic mass is 16.5. The summed E-state index contributed by atoms with van der Waals surface area (Å²) in [5.41, 5.74) is 2.39. The highest BCUT2D eigenvalue weighted by Gasteiger charge is 2.22. The number of para-hydroxylation sites is 1. The summed E-state index contributed by atoms with van der Waals surface area (Å²) in [5.74, 6) is -0.513. The topological polar surface area (TPSA) is 72.6 Å². The van der Waals surface area contributed by atoms with Gasteiger partial charge in [-0.1, -0.05) is 17.3 Å². The average Bonchev–Trinajstić information content (AvgIpc) is 2.87. The van der Waals surface area contributed by atoms with E-state index in [1.54, 1.807) is 0 Å². The molecule has 0 saturated carbocycles. The summed E-state index contributed by atoms with van der Waals surface area (Å²) in [6.07, 6.45) is 2.09. The molecule has 1 N–H and O–H groups in total. The van der Waals surface area contributed by atoms with E-state index in [9.17, 15) is 4.79 Å². The zero-order valence-corrected chi connectivity index (χ0v) is 10.4. The van der Waals surface area contributed by atoms with Crippen molar-refractivity contribution in [2.45, 2.75) is 25.9 Å². The molecule has 5 heteroatoms. The van der Waals surface area contributed by atoms with Gasteiger partial charge >= 0.3 is 5.97 Å². The molecule has 2 heterocycles. The number of aryl methyl sites for hydroxylation is 1. The number of rotatable bonds is 2. The zero-order valence-electron chi connectivity index (χ0n) is 10.4. The standard InChI is InChI=1S/C14H13NO4/c1-8-5-6-9-3-2-4-10(13(9)18-8)11-7-12(14(16)17)19-15-11/h2-4,7-8H,5-6H2,1H3,(H,16,17). The van der Waals surface area contributed by atoms with Crippen LogP contribution in [0.1, 0.15) is 29.5 Å². The van der Waals surface area contributed by atoms with Crippen LogP contribution < -0.4 is 4.74 Å². The van der Waals surface area contributed by atoms with E-state index in [2.05, 4.69) is 5.16 Å². The van der Waals surface area contributed by atoms with Crippen LogP contribution in [-0.4, -0.2) is 22.3 Å². The summed E-state index contributed by atoms with van der Waals surface area (Å²) in [7, 11) is 0. The van der Waals surface area contributed by atoms with Gasteiger partial charge in [0.2, 0.25) is 5.76 Å². The van der Waals surface area contributed by atoms with Gasteiger partial charge in [-0.2, -0.15) is 0 Å². The lowest BCUT2D eigenvalue weighted by molar-refractivity contribution is 0.0652. The second-order valence-corrected chi connectivity index (χ2v) is 4.64. The molecule has 1 aliphatic rings. The predicted octanol–water partition coefficient (Wildman–Crippen LogP) is 2.75. The van der Waals surface area contributed by atoms with Crippen molar-refractivity contribution in [1.29, 1.82) is 0 Å². The normalized spacial score (nSPS) is 17.6. The molecule has 2 aromatic rings. The molecule has 0 amide bonds. The van der Waals surface area contributed by atoms with Gasteiger partial charge in [0.1, 0.15) is 11.4 Å². The van der Waals surface area contributed by atoms with E-state index in [4.69, 9.17) is 14.4 Å². The van der Waals surface area contributed by atoms with Gasteiger partial charge in [-0.3, -0.25) is 0 Å². The Kier molecular flexibility index (Phi) is 2.74. The van der Waals surface area contributed by atoms with Crippen LogP contribution in [-0.2, 0) is 6.42 Å². The minimum atomic E-state index is -1.13. The summed E-state index contributed by atoms with van der Waals surface area (Å²) < 4.78 is 10.7. The van der Waals surface area contributed by atoms with Crippen molar-refractivity contribution < 1.29 is 19.2 Å². The van der Waals surface area contributed by atoms with E-state index in [0.29, 0.717) is 5.69 Å². The van der Waals surface area contributed by atoms with Crippen molar-refractivity contribution in [3.8, 4) is 17.0 Å². The first-order valence-electron chi connectivity index (χ1n) is 6.14. The Morgan fingerprint density at radius 2 is 2.32 bits per heavy atom. The number of hydrogen-bond acceptors (Lipinski definition) is 4. The van der Waals surface area contributed by atoms with E-state index in [-0.39, 0.29) is 11.9 Å². The SMILES string of the molecule is CC1CCc2cccc(-c3cc(C(=O)O)on3)c2O1. The summed E-state index contributed by atoms with van der Waals surface area (Å²) in [6, 6.07) is 7.21. The number of carbonyl (C=O) groups is 1. The molecular formula is C14H13NO4. The Balaban J connectivity index is 2.07. The predicted molar refractivity (Wildman–Crippen MR) is 67.3 cm³/mol. The average molecular weight is 259 g/mol. The van der Waals surface area contributed by atoms with Crippen LogP contribution in [0.15, 0.2) is 28.8 Å². The summed E-state index contributed by atoms with van der Waals surface area (Å²) in [4.78, 5) is 10.8. The number of carboxylic acid groups (broad SMARTS) is 1. The number of ether oxygens (including phenoxy) is 1. The fourth-order valence-electron chi connectivity index (χ4n) is 2.24. The lowest BCUT2D eigenvalue weighted by atomic mass is 9.98. The number of fused-ring (bicyclic) bond motifs is 1. The van der Waals surface area contributed by atoms with Gasteiger partial charge in [-0.05, 0) is 31.4 Å². The third kappa shape index (κ3) is 2.07. The van der Waals surface area contributed by atoms with Crippen molar-refractivity contribution in [1.82, 2.24) is 5.16 Å². The first-order chi connectivity index (χ1) is 9.15. The molecule has 1 atom stereocenters. The van der Waals surface area contributed by atoms with E-state index in [1.165, 1.54) is 6.07 Å². The molecule has 1 unspecified atom stereocenters. The van der Waals surface area contributed by atoms with Gasteiger partial charge < -0.3 is 14.4 Å². The van der Waals surface area contributed by atoms with Crippen LogP contribution in [0.25, 0.3) is 11.3 Å². The van der Waals surface area contributed by atoms with Crippen LogP contribution in [0.4, 0.5) is 0 Å². The number of benzene rings is 1. The molecule has 5 nitrogen and oxygen atoms in total. The quantitative estimate of drug-likeness (QED) is 0.897. The number of nitrogens with zero attached hydrogens (tertiary/aromatic N) is 1. The first-order valence-corrected chi connectivity index (χ1v) is 6.14. The lowest BCUT2D eigenvalue weighted by Gasteiger charge is -2.24. The molecule has 19 heavy (non-hydrogen) atoms. The Labute approximate surface area is 109 Å². The van der Waals surface area contributed by atoms with Crippen molar-refractivity contribution in [2.75, 3.05) is 0 Å². The monoisotopic (exact) mass is 259 g/mol. The van der Waals surface area contributed by atoms with Crippen molar-refractivity contribution in [2.24, 2.45) is 0 Å². The molecule has 98 valence electrons. The van der Waals surface area contributed by atoms with Crippen molar-refractivity contribution >= 4 is 5.97 Å². The third-order valence-electron chi connectivity index (χ3n) is 3.23. The van der Waals surface area contributed by atoms with Gasteiger partial charge in [0.25, 0.3) is 0 Å². The molecule has 0 saturated heterocycles. The number of hydrogen-bond donors (Lipinski definition) is 1. The maximum absolute atomic E-state index is 10.8. The smallest absolute Gasteiger partial charge is 0.374 e. The van der Waals surface area contributed by atoms with Crippen molar-refractivity contribution in [3.63, 3.8) is 0 Å². The number of carboxylic acids is 1. The molecule has 0 fully saturated rings. The maximum atomic E-state index is 10.8. The van der Waals surface area contributed by atoms with Crippen LogP contribution in [0.5, 0.6) is 5.75 Å². The molecule has 0 spiro atoms. The zero-order chi connectivity index (χ0) is 13.4. The lowest BCUT2D eigenvalue weighted by Crippen LogP contribution is -2.19. The van der Waals surface area contributed by atoms with Gasteiger partial charge in [-0.15, -0.1) is 0 Å². The van der Waals surface area contributed by atoms with Crippen LogP contribution in [0.2, 0.25) is 0 Å². The molecule has 1 aromatic heterocycles. The number of aromatic carboxylic acids is 1. The minimum absolute atomic E-state index is 0.152.